The summed E-state index contributed by atoms with van der Waals surface area (Å²) < 4.78 is 1.04. The number of amides is 1. The summed E-state index contributed by atoms with van der Waals surface area (Å²) in [7, 11) is 0. The van der Waals surface area contributed by atoms with Crippen molar-refractivity contribution in [3.05, 3.63) is 63.6 Å². The standard InChI is InChI=1S/C15H14BrNO/c1-10-4-3-5-12(8-10)15(18)17-13-6-7-14(16)11(2)9-13/h3-9H,1-2H3,(H,17,18). The van der Waals surface area contributed by atoms with E-state index in [0.29, 0.717) is 5.56 Å². The first-order valence-corrected chi connectivity index (χ1v) is 6.50. The van der Waals surface area contributed by atoms with Crippen LogP contribution in [0.4, 0.5) is 5.69 Å². The van der Waals surface area contributed by atoms with E-state index in [9.17, 15) is 4.79 Å². The summed E-state index contributed by atoms with van der Waals surface area (Å²) in [5, 5.41) is 2.89. The van der Waals surface area contributed by atoms with Gasteiger partial charge in [0.05, 0.1) is 0 Å². The molecule has 0 bridgehead atoms. The van der Waals surface area contributed by atoms with Crippen LogP contribution in [0.2, 0.25) is 0 Å². The quantitative estimate of drug-likeness (QED) is 0.879. The van der Waals surface area contributed by atoms with Crippen LogP contribution in [-0.4, -0.2) is 5.91 Å². The molecule has 3 heteroatoms. The van der Waals surface area contributed by atoms with Crippen molar-refractivity contribution in [1.82, 2.24) is 0 Å². The van der Waals surface area contributed by atoms with Gasteiger partial charge in [-0.25, -0.2) is 0 Å². The topological polar surface area (TPSA) is 29.1 Å². The fourth-order valence-electron chi connectivity index (χ4n) is 1.71. The Morgan fingerprint density at radius 2 is 1.89 bits per heavy atom. The maximum Gasteiger partial charge on any atom is 0.255 e. The number of halogens is 1. The highest BCUT2D eigenvalue weighted by molar-refractivity contribution is 9.10. The first-order chi connectivity index (χ1) is 8.56. The van der Waals surface area contributed by atoms with Crippen LogP contribution in [0, 0.1) is 13.8 Å². The molecule has 0 saturated heterocycles. The lowest BCUT2D eigenvalue weighted by molar-refractivity contribution is 0.102. The zero-order valence-electron chi connectivity index (χ0n) is 10.3. The molecular weight excluding hydrogens is 290 g/mol. The number of anilines is 1. The third-order valence-corrected chi connectivity index (χ3v) is 3.59. The number of aryl methyl sites for hydroxylation is 2. The normalized spacial score (nSPS) is 10.2. The van der Waals surface area contributed by atoms with Gasteiger partial charge in [0, 0.05) is 15.7 Å². The Labute approximate surface area is 115 Å². The van der Waals surface area contributed by atoms with E-state index in [-0.39, 0.29) is 5.91 Å². The molecular formula is C15H14BrNO. The van der Waals surface area contributed by atoms with Crippen LogP contribution in [-0.2, 0) is 0 Å². The summed E-state index contributed by atoms with van der Waals surface area (Å²) in [6, 6.07) is 13.3. The Morgan fingerprint density at radius 3 is 2.56 bits per heavy atom. The number of carbonyl (C=O) groups excluding carboxylic acids is 1. The average molecular weight is 304 g/mol. The van der Waals surface area contributed by atoms with Crippen molar-refractivity contribution >= 4 is 27.5 Å². The number of nitrogens with one attached hydrogen (secondary N) is 1. The molecule has 0 unspecified atom stereocenters. The second-order valence-corrected chi connectivity index (χ2v) is 5.14. The molecule has 18 heavy (non-hydrogen) atoms. The van der Waals surface area contributed by atoms with Gasteiger partial charge in [0.2, 0.25) is 0 Å². The van der Waals surface area contributed by atoms with Crippen LogP contribution in [0.1, 0.15) is 21.5 Å². The highest BCUT2D eigenvalue weighted by Gasteiger charge is 2.06. The molecule has 0 aliphatic rings. The van der Waals surface area contributed by atoms with Crippen molar-refractivity contribution in [3.63, 3.8) is 0 Å². The molecule has 0 aliphatic carbocycles. The molecule has 1 N–H and O–H groups in total. The Morgan fingerprint density at radius 1 is 1.11 bits per heavy atom. The molecule has 0 fully saturated rings. The van der Waals surface area contributed by atoms with E-state index in [1.807, 2.05) is 56.3 Å². The van der Waals surface area contributed by atoms with Gasteiger partial charge >= 0.3 is 0 Å². The van der Waals surface area contributed by atoms with Gasteiger partial charge in [0.15, 0.2) is 0 Å². The molecule has 2 aromatic rings. The molecule has 1 amide bonds. The minimum absolute atomic E-state index is 0.0829. The van der Waals surface area contributed by atoms with Gasteiger partial charge in [-0.3, -0.25) is 4.79 Å². The fourth-order valence-corrected chi connectivity index (χ4v) is 1.96. The zero-order chi connectivity index (χ0) is 13.1. The van der Waals surface area contributed by atoms with Crippen LogP contribution in [0.5, 0.6) is 0 Å². The van der Waals surface area contributed by atoms with Crippen molar-refractivity contribution in [1.29, 1.82) is 0 Å². The molecule has 2 aromatic carbocycles. The maximum absolute atomic E-state index is 12.0. The SMILES string of the molecule is Cc1cccc(C(=O)Nc2ccc(Br)c(C)c2)c1. The van der Waals surface area contributed by atoms with Crippen LogP contribution in [0.3, 0.4) is 0 Å². The Balaban J connectivity index is 2.18. The lowest BCUT2D eigenvalue weighted by Gasteiger charge is -2.07. The molecule has 0 aromatic heterocycles. The largest absolute Gasteiger partial charge is 0.322 e. The molecule has 0 heterocycles. The second-order valence-electron chi connectivity index (χ2n) is 4.29. The van der Waals surface area contributed by atoms with Crippen LogP contribution < -0.4 is 5.32 Å². The Kier molecular flexibility index (Phi) is 3.82. The van der Waals surface area contributed by atoms with Gasteiger partial charge in [-0.1, -0.05) is 33.6 Å². The lowest BCUT2D eigenvalue weighted by atomic mass is 10.1. The van der Waals surface area contributed by atoms with Crippen molar-refractivity contribution < 1.29 is 4.79 Å². The average Bonchev–Trinajstić information content (AvgIpc) is 2.34. The minimum Gasteiger partial charge on any atom is -0.322 e. The van der Waals surface area contributed by atoms with Crippen molar-refractivity contribution in [2.75, 3.05) is 5.32 Å². The third-order valence-electron chi connectivity index (χ3n) is 2.70. The highest BCUT2D eigenvalue weighted by Crippen LogP contribution is 2.20. The number of carbonyl (C=O) groups is 1. The monoisotopic (exact) mass is 303 g/mol. The van der Waals surface area contributed by atoms with Crippen molar-refractivity contribution in [2.45, 2.75) is 13.8 Å². The number of hydrogen-bond donors (Lipinski definition) is 1. The van der Waals surface area contributed by atoms with E-state index < -0.39 is 0 Å². The smallest absolute Gasteiger partial charge is 0.255 e. The zero-order valence-corrected chi connectivity index (χ0v) is 11.9. The summed E-state index contributed by atoms with van der Waals surface area (Å²) in [5.41, 5.74) is 3.66. The molecule has 2 nitrogen and oxygen atoms in total. The van der Waals surface area contributed by atoms with Crippen LogP contribution in [0.15, 0.2) is 46.9 Å². The maximum atomic E-state index is 12.0. The van der Waals surface area contributed by atoms with Gasteiger partial charge in [0.25, 0.3) is 5.91 Å². The fraction of sp³-hybridized carbons (Fsp3) is 0.133. The summed E-state index contributed by atoms with van der Waals surface area (Å²) in [5.74, 6) is -0.0829. The van der Waals surface area contributed by atoms with E-state index in [2.05, 4.69) is 21.2 Å². The van der Waals surface area contributed by atoms with E-state index in [1.54, 1.807) is 0 Å². The lowest BCUT2D eigenvalue weighted by Crippen LogP contribution is -2.12. The summed E-state index contributed by atoms with van der Waals surface area (Å²) in [4.78, 5) is 12.0. The molecule has 2 rings (SSSR count). The van der Waals surface area contributed by atoms with Crippen LogP contribution in [0.25, 0.3) is 0 Å². The number of rotatable bonds is 2. The van der Waals surface area contributed by atoms with E-state index in [0.717, 1.165) is 21.3 Å². The molecule has 0 spiro atoms. The van der Waals surface area contributed by atoms with Crippen molar-refractivity contribution in [3.8, 4) is 0 Å². The molecule has 92 valence electrons. The predicted molar refractivity (Wildman–Crippen MR) is 78.0 cm³/mol. The minimum atomic E-state index is -0.0829. The highest BCUT2D eigenvalue weighted by atomic mass is 79.9. The Bertz CT molecular complexity index is 593. The van der Waals surface area contributed by atoms with Gasteiger partial charge in [0.1, 0.15) is 0 Å². The van der Waals surface area contributed by atoms with Gasteiger partial charge < -0.3 is 5.32 Å². The van der Waals surface area contributed by atoms with Gasteiger partial charge in [-0.05, 0) is 49.7 Å². The van der Waals surface area contributed by atoms with E-state index in [4.69, 9.17) is 0 Å². The van der Waals surface area contributed by atoms with Crippen LogP contribution >= 0.6 is 15.9 Å². The third kappa shape index (κ3) is 2.99. The molecule has 0 radical (unpaired) electrons. The van der Waals surface area contributed by atoms with E-state index >= 15 is 0 Å². The van der Waals surface area contributed by atoms with Crippen molar-refractivity contribution in [2.24, 2.45) is 0 Å². The van der Waals surface area contributed by atoms with E-state index in [1.165, 1.54) is 0 Å². The first kappa shape index (κ1) is 12.8. The summed E-state index contributed by atoms with van der Waals surface area (Å²) in [6.45, 7) is 3.97. The Hall–Kier alpha value is -1.61. The van der Waals surface area contributed by atoms with Gasteiger partial charge in [-0.2, -0.15) is 0 Å². The summed E-state index contributed by atoms with van der Waals surface area (Å²) >= 11 is 3.44. The first-order valence-electron chi connectivity index (χ1n) is 5.70. The molecule has 0 aliphatic heterocycles. The van der Waals surface area contributed by atoms with Gasteiger partial charge in [-0.15, -0.1) is 0 Å². The number of benzene rings is 2. The predicted octanol–water partition coefficient (Wildman–Crippen LogP) is 4.32. The molecule has 0 saturated carbocycles. The second kappa shape index (κ2) is 5.36. The molecule has 0 atom stereocenters. The number of hydrogen-bond acceptors (Lipinski definition) is 1. The summed E-state index contributed by atoms with van der Waals surface area (Å²) in [6.07, 6.45) is 0.